The van der Waals surface area contributed by atoms with E-state index >= 15 is 0 Å². The number of carbonyl (C=O) groups excluding carboxylic acids is 1. The second kappa shape index (κ2) is 7.75. The Bertz CT molecular complexity index is 1030. The highest BCUT2D eigenvalue weighted by Crippen LogP contribution is 2.37. The average molecular weight is 432 g/mol. The van der Waals surface area contributed by atoms with Gasteiger partial charge in [0.15, 0.2) is 0 Å². The zero-order valence-electron chi connectivity index (χ0n) is 15.4. The predicted molar refractivity (Wildman–Crippen MR) is 105 cm³/mol. The van der Waals surface area contributed by atoms with Gasteiger partial charge < -0.3 is 9.32 Å². The van der Waals surface area contributed by atoms with Crippen molar-refractivity contribution in [3.8, 4) is 11.5 Å². The standard InChI is InChI=1S/C18H18ClN7O2S/c19-14-4-2-1-3-13(14)17-21-20-15(28-17)9-25(11-5-6-11)16(27)10-29-18-22-23-24-26(18)12-7-8-12/h1-4,11-12H,5-10H2. The molecule has 2 fully saturated rings. The highest BCUT2D eigenvalue weighted by Gasteiger charge is 2.34. The van der Waals surface area contributed by atoms with Gasteiger partial charge in [0.1, 0.15) is 0 Å². The Hall–Kier alpha value is -2.46. The van der Waals surface area contributed by atoms with Gasteiger partial charge in [-0.3, -0.25) is 4.79 Å². The zero-order chi connectivity index (χ0) is 19.8. The Kier molecular flexibility index (Phi) is 4.96. The van der Waals surface area contributed by atoms with Crippen molar-refractivity contribution in [1.82, 2.24) is 35.3 Å². The van der Waals surface area contributed by atoms with Gasteiger partial charge in [0, 0.05) is 6.04 Å². The van der Waals surface area contributed by atoms with Crippen molar-refractivity contribution in [3.05, 3.63) is 35.2 Å². The molecule has 1 amide bonds. The summed E-state index contributed by atoms with van der Waals surface area (Å²) in [6, 6.07) is 7.89. The van der Waals surface area contributed by atoms with Gasteiger partial charge >= 0.3 is 0 Å². The smallest absolute Gasteiger partial charge is 0.249 e. The van der Waals surface area contributed by atoms with Gasteiger partial charge in [-0.25, -0.2) is 4.68 Å². The fourth-order valence-electron chi connectivity index (χ4n) is 3.05. The Morgan fingerprint density at radius 3 is 2.79 bits per heavy atom. The van der Waals surface area contributed by atoms with E-state index in [1.54, 1.807) is 6.07 Å². The minimum atomic E-state index is 0.0142. The second-order valence-corrected chi connectivity index (χ2v) is 8.51. The molecule has 2 aromatic heterocycles. The number of aromatic nitrogens is 6. The third-order valence-corrected chi connectivity index (χ3v) is 6.11. The first-order valence-electron chi connectivity index (χ1n) is 9.46. The summed E-state index contributed by atoms with van der Waals surface area (Å²) in [6.07, 6.45) is 4.15. The van der Waals surface area contributed by atoms with Gasteiger partial charge in [-0.05, 0) is 48.2 Å². The average Bonchev–Trinajstić information content (AvgIpc) is 3.66. The van der Waals surface area contributed by atoms with Crippen LogP contribution in [-0.4, -0.2) is 53.0 Å². The van der Waals surface area contributed by atoms with Crippen molar-refractivity contribution in [3.63, 3.8) is 0 Å². The summed E-state index contributed by atoms with van der Waals surface area (Å²) in [6.45, 7) is 0.287. The number of tetrazole rings is 1. The molecule has 0 N–H and O–H groups in total. The molecule has 0 spiro atoms. The van der Waals surface area contributed by atoms with Crippen LogP contribution in [0.3, 0.4) is 0 Å². The van der Waals surface area contributed by atoms with E-state index in [0.29, 0.717) is 33.6 Å². The molecule has 5 rings (SSSR count). The van der Waals surface area contributed by atoms with E-state index in [-0.39, 0.29) is 24.2 Å². The summed E-state index contributed by atoms with van der Waals surface area (Å²) in [7, 11) is 0. The van der Waals surface area contributed by atoms with Crippen molar-refractivity contribution in [2.45, 2.75) is 49.5 Å². The quantitative estimate of drug-likeness (QED) is 0.501. The third kappa shape index (κ3) is 4.13. The molecule has 150 valence electrons. The second-order valence-electron chi connectivity index (χ2n) is 7.16. The van der Waals surface area contributed by atoms with Crippen molar-refractivity contribution in [1.29, 1.82) is 0 Å². The molecule has 0 radical (unpaired) electrons. The zero-order valence-corrected chi connectivity index (χ0v) is 17.0. The maximum atomic E-state index is 12.9. The molecular formula is C18H18ClN7O2S. The molecular weight excluding hydrogens is 414 g/mol. The maximum absolute atomic E-state index is 12.9. The van der Waals surface area contributed by atoms with E-state index in [1.807, 2.05) is 27.8 Å². The number of carbonyl (C=O) groups is 1. The monoisotopic (exact) mass is 431 g/mol. The van der Waals surface area contributed by atoms with Crippen LogP contribution in [0.1, 0.15) is 37.6 Å². The Labute approximate surface area is 175 Å². The summed E-state index contributed by atoms with van der Waals surface area (Å²) in [5.41, 5.74) is 0.680. The Balaban J connectivity index is 1.25. The first-order valence-corrected chi connectivity index (χ1v) is 10.8. The van der Waals surface area contributed by atoms with Crippen LogP contribution in [0.2, 0.25) is 5.02 Å². The molecule has 0 bridgehead atoms. The van der Waals surface area contributed by atoms with Crippen molar-refractivity contribution in [2.75, 3.05) is 5.75 Å². The van der Waals surface area contributed by atoms with Gasteiger partial charge in [-0.15, -0.1) is 15.3 Å². The molecule has 0 atom stereocenters. The molecule has 0 aliphatic heterocycles. The van der Waals surface area contributed by atoms with Gasteiger partial charge in [0.25, 0.3) is 0 Å². The van der Waals surface area contributed by atoms with Crippen molar-refractivity contribution < 1.29 is 9.21 Å². The van der Waals surface area contributed by atoms with E-state index in [2.05, 4.69) is 25.7 Å². The number of amides is 1. The highest BCUT2D eigenvalue weighted by molar-refractivity contribution is 7.99. The number of hydrogen-bond acceptors (Lipinski definition) is 8. The molecule has 1 aromatic carbocycles. The first-order chi connectivity index (χ1) is 14.2. The minimum Gasteiger partial charge on any atom is -0.419 e. The number of benzene rings is 1. The molecule has 2 aliphatic carbocycles. The summed E-state index contributed by atoms with van der Waals surface area (Å²) < 4.78 is 7.59. The van der Waals surface area contributed by atoms with E-state index in [4.69, 9.17) is 16.0 Å². The number of halogens is 1. The Morgan fingerprint density at radius 2 is 2.03 bits per heavy atom. The third-order valence-electron chi connectivity index (χ3n) is 4.86. The highest BCUT2D eigenvalue weighted by atomic mass is 35.5. The maximum Gasteiger partial charge on any atom is 0.249 e. The number of rotatable bonds is 8. The number of nitrogens with zero attached hydrogens (tertiary/aromatic N) is 7. The lowest BCUT2D eigenvalue weighted by Crippen LogP contribution is -2.34. The van der Waals surface area contributed by atoms with Crippen LogP contribution in [0.5, 0.6) is 0 Å². The van der Waals surface area contributed by atoms with E-state index in [0.717, 1.165) is 25.7 Å². The van der Waals surface area contributed by atoms with Crippen LogP contribution in [0.4, 0.5) is 0 Å². The molecule has 0 saturated heterocycles. The molecule has 29 heavy (non-hydrogen) atoms. The van der Waals surface area contributed by atoms with Crippen LogP contribution in [0.15, 0.2) is 33.8 Å². The van der Waals surface area contributed by atoms with Crippen molar-refractivity contribution >= 4 is 29.3 Å². The van der Waals surface area contributed by atoms with Gasteiger partial charge in [0.2, 0.25) is 22.8 Å². The van der Waals surface area contributed by atoms with E-state index in [1.165, 1.54) is 11.8 Å². The normalized spacial score (nSPS) is 16.2. The molecule has 9 nitrogen and oxygen atoms in total. The van der Waals surface area contributed by atoms with Crippen LogP contribution in [-0.2, 0) is 11.3 Å². The van der Waals surface area contributed by atoms with E-state index in [9.17, 15) is 4.79 Å². The number of hydrogen-bond donors (Lipinski definition) is 0. The summed E-state index contributed by atoms with van der Waals surface area (Å²) in [5.74, 6) is 1.04. The van der Waals surface area contributed by atoms with Gasteiger partial charge in [-0.2, -0.15) is 0 Å². The topological polar surface area (TPSA) is 103 Å². The first kappa shape index (κ1) is 18.6. The molecule has 0 unspecified atom stereocenters. The molecule has 3 aromatic rings. The van der Waals surface area contributed by atoms with E-state index < -0.39 is 0 Å². The Morgan fingerprint density at radius 1 is 1.21 bits per heavy atom. The van der Waals surface area contributed by atoms with Crippen LogP contribution < -0.4 is 0 Å². The molecule has 2 aliphatic rings. The van der Waals surface area contributed by atoms with Crippen LogP contribution >= 0.6 is 23.4 Å². The lowest BCUT2D eigenvalue weighted by molar-refractivity contribution is -0.129. The number of thioether (sulfide) groups is 1. The fourth-order valence-corrected chi connectivity index (χ4v) is 4.10. The van der Waals surface area contributed by atoms with Crippen molar-refractivity contribution in [2.24, 2.45) is 0 Å². The lowest BCUT2D eigenvalue weighted by Gasteiger charge is -2.20. The summed E-state index contributed by atoms with van der Waals surface area (Å²) in [5, 5.41) is 21.2. The summed E-state index contributed by atoms with van der Waals surface area (Å²) in [4.78, 5) is 14.7. The van der Waals surface area contributed by atoms with Crippen LogP contribution in [0, 0.1) is 0 Å². The SMILES string of the molecule is O=C(CSc1nnnn1C1CC1)N(Cc1nnc(-c2ccccc2Cl)o1)C1CC1. The largest absolute Gasteiger partial charge is 0.419 e. The minimum absolute atomic E-state index is 0.0142. The van der Waals surface area contributed by atoms with Gasteiger partial charge in [0.05, 0.1) is 28.9 Å². The predicted octanol–water partition coefficient (Wildman–Crippen LogP) is 2.99. The molecule has 2 heterocycles. The lowest BCUT2D eigenvalue weighted by atomic mass is 10.2. The molecule has 2 saturated carbocycles. The fraction of sp³-hybridized carbons (Fsp3) is 0.444. The molecule has 11 heteroatoms. The van der Waals surface area contributed by atoms with Gasteiger partial charge in [-0.1, -0.05) is 35.5 Å². The summed E-state index contributed by atoms with van der Waals surface area (Å²) >= 11 is 7.57. The van der Waals surface area contributed by atoms with Crippen LogP contribution in [0.25, 0.3) is 11.5 Å².